The van der Waals surface area contributed by atoms with E-state index in [0.29, 0.717) is 6.42 Å². The van der Waals surface area contributed by atoms with E-state index in [1.165, 1.54) is 70.3 Å². The van der Waals surface area contributed by atoms with Gasteiger partial charge in [-0.25, -0.2) is 9.36 Å². The first-order valence-electron chi connectivity index (χ1n) is 19.8. The number of allylic oxidation sites excluding steroid dienone is 9. The first kappa shape index (κ1) is 48.7. The lowest BCUT2D eigenvalue weighted by Crippen LogP contribution is -2.29. The van der Waals surface area contributed by atoms with Gasteiger partial charge in [-0.1, -0.05) is 152 Å². The first-order valence-corrected chi connectivity index (χ1v) is 21.3. The van der Waals surface area contributed by atoms with Crippen LogP contribution in [0.5, 0.6) is 0 Å². The third kappa shape index (κ3) is 37.3. The Labute approximate surface area is 310 Å². The molecule has 0 saturated carbocycles. The molecule has 0 heterocycles. The molecule has 9 nitrogen and oxygen atoms in total. The highest BCUT2D eigenvalue weighted by atomic mass is 31.2. The molecule has 1 unspecified atom stereocenters. The monoisotopic (exact) mass is 737 g/mol. The molecule has 294 valence electrons. The van der Waals surface area contributed by atoms with Gasteiger partial charge in [-0.3, -0.25) is 13.8 Å². The maximum atomic E-state index is 12.4. The summed E-state index contributed by atoms with van der Waals surface area (Å²) in [5, 5.41) is 0. The Hall–Kier alpha value is -2.29. The number of phosphoric ester groups is 1. The zero-order chi connectivity index (χ0) is 37.5. The predicted octanol–water partition coefficient (Wildman–Crippen LogP) is 10.9. The van der Waals surface area contributed by atoms with Crippen molar-refractivity contribution in [3.8, 4) is 0 Å². The summed E-state index contributed by atoms with van der Waals surface area (Å²) in [6.07, 6.45) is 43.1. The molecule has 0 aliphatic heterocycles. The highest BCUT2D eigenvalue weighted by Gasteiger charge is 2.25. The van der Waals surface area contributed by atoms with E-state index in [9.17, 15) is 19.0 Å². The average molecular weight is 738 g/mol. The molecular formula is C41H72NO8P. The van der Waals surface area contributed by atoms with Gasteiger partial charge in [0.2, 0.25) is 0 Å². The maximum absolute atomic E-state index is 12.4. The number of carbonyl (C=O) groups excluding carboxylic acids is 2. The van der Waals surface area contributed by atoms with Crippen LogP contribution in [-0.2, 0) is 32.7 Å². The number of unbranched alkanes of at least 4 members (excludes halogenated alkanes) is 16. The van der Waals surface area contributed by atoms with Crippen LogP contribution in [0.3, 0.4) is 0 Å². The Bertz CT molecular complexity index is 1020. The van der Waals surface area contributed by atoms with Gasteiger partial charge >= 0.3 is 19.8 Å². The van der Waals surface area contributed by atoms with Gasteiger partial charge in [-0.2, -0.15) is 0 Å². The summed E-state index contributed by atoms with van der Waals surface area (Å²) in [6, 6.07) is 0. The first-order chi connectivity index (χ1) is 24.8. The van der Waals surface area contributed by atoms with Crippen LogP contribution in [0.15, 0.2) is 60.8 Å². The second kappa shape index (κ2) is 37.5. The number of nitrogens with two attached hydrogens (primary N) is 1. The zero-order valence-corrected chi connectivity index (χ0v) is 33.0. The number of carbonyl (C=O) groups is 2. The Morgan fingerprint density at radius 1 is 0.667 bits per heavy atom. The molecule has 0 bridgehead atoms. The zero-order valence-electron chi connectivity index (χ0n) is 32.1. The van der Waals surface area contributed by atoms with Gasteiger partial charge in [0.15, 0.2) is 6.10 Å². The minimum atomic E-state index is -4.40. The molecule has 0 spiro atoms. The second-order valence-corrected chi connectivity index (χ2v) is 14.3. The Morgan fingerprint density at radius 2 is 1.22 bits per heavy atom. The molecule has 0 aliphatic rings. The molecule has 51 heavy (non-hydrogen) atoms. The second-order valence-electron chi connectivity index (χ2n) is 12.8. The largest absolute Gasteiger partial charge is 0.472 e. The highest BCUT2D eigenvalue weighted by molar-refractivity contribution is 7.47. The quantitative estimate of drug-likeness (QED) is 0.0161. The van der Waals surface area contributed by atoms with E-state index in [1.54, 1.807) is 12.2 Å². The van der Waals surface area contributed by atoms with Crippen molar-refractivity contribution in [1.29, 1.82) is 0 Å². The van der Waals surface area contributed by atoms with E-state index in [-0.39, 0.29) is 26.2 Å². The molecule has 0 rings (SSSR count). The number of esters is 2. The summed E-state index contributed by atoms with van der Waals surface area (Å²) >= 11 is 0. The molecule has 3 N–H and O–H groups in total. The Morgan fingerprint density at radius 3 is 1.82 bits per heavy atom. The van der Waals surface area contributed by atoms with Gasteiger partial charge in [-0.05, 0) is 51.4 Å². The van der Waals surface area contributed by atoms with Crippen molar-refractivity contribution < 1.29 is 37.6 Å². The van der Waals surface area contributed by atoms with Crippen LogP contribution in [-0.4, -0.2) is 49.3 Å². The van der Waals surface area contributed by atoms with Crippen LogP contribution in [0.1, 0.15) is 155 Å². The van der Waals surface area contributed by atoms with Gasteiger partial charge < -0.3 is 20.1 Å². The fourth-order valence-corrected chi connectivity index (χ4v) is 5.85. The van der Waals surface area contributed by atoms with Gasteiger partial charge in [0.25, 0.3) is 0 Å². The number of hydrogen-bond acceptors (Lipinski definition) is 8. The summed E-state index contributed by atoms with van der Waals surface area (Å²) in [4.78, 5) is 34.6. The smallest absolute Gasteiger partial charge is 0.462 e. The van der Waals surface area contributed by atoms with Crippen molar-refractivity contribution in [1.82, 2.24) is 0 Å². The van der Waals surface area contributed by atoms with E-state index >= 15 is 0 Å². The lowest BCUT2D eigenvalue weighted by Gasteiger charge is -2.19. The molecule has 0 fully saturated rings. The molecule has 10 heteroatoms. The van der Waals surface area contributed by atoms with Gasteiger partial charge in [0.05, 0.1) is 13.2 Å². The third-order valence-corrected chi connectivity index (χ3v) is 8.98. The number of phosphoric acid groups is 1. The van der Waals surface area contributed by atoms with E-state index in [2.05, 4.69) is 50.3 Å². The van der Waals surface area contributed by atoms with E-state index in [0.717, 1.165) is 64.2 Å². The molecule has 0 aromatic heterocycles. The van der Waals surface area contributed by atoms with E-state index in [4.69, 9.17) is 24.3 Å². The topological polar surface area (TPSA) is 134 Å². The molecule has 0 aromatic rings. The minimum Gasteiger partial charge on any atom is -0.462 e. The van der Waals surface area contributed by atoms with E-state index in [1.807, 2.05) is 6.08 Å². The minimum absolute atomic E-state index is 0.0357. The number of ether oxygens (including phenoxy) is 2. The maximum Gasteiger partial charge on any atom is 0.472 e. The lowest BCUT2D eigenvalue weighted by molar-refractivity contribution is -0.157. The van der Waals surface area contributed by atoms with Gasteiger partial charge in [0, 0.05) is 19.0 Å². The Kier molecular flexibility index (Phi) is 35.8. The highest BCUT2D eigenvalue weighted by Crippen LogP contribution is 2.43. The summed E-state index contributed by atoms with van der Waals surface area (Å²) in [5.41, 5.74) is 5.32. The summed E-state index contributed by atoms with van der Waals surface area (Å²) in [5.74, 6) is -1.11. The fraction of sp³-hybridized carbons (Fsp3) is 0.707. The van der Waals surface area contributed by atoms with Crippen molar-refractivity contribution in [2.45, 2.75) is 161 Å². The lowest BCUT2D eigenvalue weighted by atomic mass is 10.1. The molecule has 0 radical (unpaired) electrons. The normalized spacial score (nSPS) is 14.0. The fourth-order valence-electron chi connectivity index (χ4n) is 5.08. The third-order valence-electron chi connectivity index (χ3n) is 7.99. The van der Waals surface area contributed by atoms with Crippen molar-refractivity contribution in [3.05, 3.63) is 60.8 Å². The standard InChI is InChI=1S/C41H72NO8P/c1-3-5-7-9-11-13-15-17-19-21-23-25-27-29-31-33-40(43)47-37-39(38-49-51(45,46)48-36-35-42)50-41(44)34-32-30-28-26-24-22-20-18-16-14-12-10-8-6-4-2/h5,7,11,13,17,19,28,30,32,34,39H,3-4,6,8-10,12,14-16,18,20-27,29,31,33,35-38,42H2,1-2H3,(H,45,46)/b7-5+,13-11+,19-17+,30-28+,34-32+/t39-/m1/s1. The molecule has 0 amide bonds. The van der Waals surface area contributed by atoms with Crippen molar-refractivity contribution in [2.24, 2.45) is 5.73 Å². The van der Waals surface area contributed by atoms with Gasteiger partial charge in [0.1, 0.15) is 6.61 Å². The summed E-state index contributed by atoms with van der Waals surface area (Å²) in [7, 11) is -4.40. The summed E-state index contributed by atoms with van der Waals surface area (Å²) in [6.45, 7) is 3.45. The summed E-state index contributed by atoms with van der Waals surface area (Å²) < 4.78 is 32.5. The number of rotatable bonds is 36. The van der Waals surface area contributed by atoms with Crippen LogP contribution in [0.4, 0.5) is 0 Å². The van der Waals surface area contributed by atoms with Crippen molar-refractivity contribution in [3.63, 3.8) is 0 Å². The molecular weight excluding hydrogens is 665 g/mol. The predicted molar refractivity (Wildman–Crippen MR) is 210 cm³/mol. The van der Waals surface area contributed by atoms with Crippen LogP contribution in [0, 0.1) is 0 Å². The van der Waals surface area contributed by atoms with Crippen LogP contribution < -0.4 is 5.73 Å². The van der Waals surface area contributed by atoms with Crippen molar-refractivity contribution in [2.75, 3.05) is 26.4 Å². The molecule has 0 aromatic carbocycles. The van der Waals surface area contributed by atoms with Crippen LogP contribution >= 0.6 is 7.82 Å². The van der Waals surface area contributed by atoms with E-state index < -0.39 is 32.5 Å². The number of hydrogen-bond donors (Lipinski definition) is 2. The molecule has 0 aliphatic carbocycles. The SMILES string of the molecule is CC/C=C/C/C=C/C/C=C/CCCCCCCC(=O)OC[C@H](COP(=O)(O)OCCN)OC(=O)/C=C/C=C/CCCCCCCCCCCCC. The van der Waals surface area contributed by atoms with Crippen LogP contribution in [0.2, 0.25) is 0 Å². The molecule has 2 atom stereocenters. The van der Waals surface area contributed by atoms with Gasteiger partial charge in [-0.15, -0.1) is 0 Å². The average Bonchev–Trinajstić information content (AvgIpc) is 3.11. The van der Waals surface area contributed by atoms with Crippen molar-refractivity contribution >= 4 is 19.8 Å². The van der Waals surface area contributed by atoms with Crippen LogP contribution in [0.25, 0.3) is 0 Å². The molecule has 0 saturated heterocycles. The Balaban J connectivity index is 4.35.